The monoisotopic (exact) mass is 431 g/mol. The first kappa shape index (κ1) is 20.2. The third-order valence-electron chi connectivity index (χ3n) is 5.90. The number of carbonyl (C=O) groups is 1. The lowest BCUT2D eigenvalue weighted by molar-refractivity contribution is 0.102. The van der Waals surface area contributed by atoms with Crippen LogP contribution in [0.2, 0.25) is 5.02 Å². The van der Waals surface area contributed by atoms with Crippen molar-refractivity contribution >= 4 is 40.1 Å². The lowest BCUT2D eigenvalue weighted by Crippen LogP contribution is -2.43. The Hall–Kier alpha value is -2.05. The van der Waals surface area contributed by atoms with E-state index in [1.807, 2.05) is 6.92 Å². The molecule has 29 heavy (non-hydrogen) atoms. The van der Waals surface area contributed by atoms with Gasteiger partial charge in [0.2, 0.25) is 0 Å². The van der Waals surface area contributed by atoms with Crippen LogP contribution in [0.25, 0.3) is 0 Å². The Bertz CT molecular complexity index is 996. The van der Waals surface area contributed by atoms with Gasteiger partial charge in [-0.1, -0.05) is 36.2 Å². The van der Waals surface area contributed by atoms with Crippen molar-refractivity contribution in [3.8, 4) is 0 Å². The molecule has 1 aliphatic carbocycles. The van der Waals surface area contributed by atoms with Crippen molar-refractivity contribution in [3.05, 3.63) is 63.9 Å². The van der Waals surface area contributed by atoms with E-state index in [-0.39, 0.29) is 17.6 Å². The number of halogens is 2. The van der Waals surface area contributed by atoms with Crippen LogP contribution in [0.4, 0.5) is 10.1 Å². The van der Waals surface area contributed by atoms with Gasteiger partial charge in [-0.05, 0) is 67.6 Å². The van der Waals surface area contributed by atoms with Crippen LogP contribution in [0.1, 0.15) is 47.2 Å². The number of nitrogens with two attached hydrogens (primary N) is 1. The van der Waals surface area contributed by atoms with Crippen LogP contribution in [-0.4, -0.2) is 16.8 Å². The zero-order valence-electron chi connectivity index (χ0n) is 16.2. The Labute approximate surface area is 179 Å². The van der Waals surface area contributed by atoms with Crippen LogP contribution >= 0.6 is 23.4 Å². The molecule has 0 spiro atoms. The number of benzene rings is 2. The average Bonchev–Trinajstić information content (AvgIpc) is 2.69. The number of hydrogen-bond acceptors (Lipinski definition) is 4. The fraction of sp³-hybridized carbons (Fsp3) is 0.364. The zero-order chi connectivity index (χ0) is 20.6. The van der Waals surface area contributed by atoms with Gasteiger partial charge >= 0.3 is 0 Å². The van der Waals surface area contributed by atoms with Gasteiger partial charge in [0.25, 0.3) is 5.91 Å². The van der Waals surface area contributed by atoms with Crippen molar-refractivity contribution in [1.82, 2.24) is 0 Å². The predicted molar refractivity (Wildman–Crippen MR) is 118 cm³/mol. The predicted octanol–water partition coefficient (Wildman–Crippen LogP) is 5.49. The van der Waals surface area contributed by atoms with Gasteiger partial charge in [-0.25, -0.2) is 4.39 Å². The van der Waals surface area contributed by atoms with Crippen LogP contribution < -0.4 is 11.1 Å². The molecule has 0 saturated heterocycles. The molecule has 7 heteroatoms. The van der Waals surface area contributed by atoms with Crippen LogP contribution in [0, 0.1) is 18.7 Å². The van der Waals surface area contributed by atoms with E-state index in [4.69, 9.17) is 22.3 Å². The molecule has 2 atom stereocenters. The molecule has 1 fully saturated rings. The highest BCUT2D eigenvalue weighted by Gasteiger charge is 2.46. The highest BCUT2D eigenvalue weighted by Crippen LogP contribution is 2.50. The van der Waals surface area contributed by atoms with E-state index in [0.29, 0.717) is 27.0 Å². The van der Waals surface area contributed by atoms with Crippen LogP contribution in [0.5, 0.6) is 0 Å². The maximum atomic E-state index is 15.0. The molecule has 2 aliphatic rings. The molecule has 1 saturated carbocycles. The maximum Gasteiger partial charge on any atom is 0.255 e. The molecule has 152 valence electrons. The number of anilines is 1. The average molecular weight is 432 g/mol. The highest BCUT2D eigenvalue weighted by molar-refractivity contribution is 8.13. The molecule has 1 amide bonds. The Balaban J connectivity index is 1.69. The summed E-state index contributed by atoms with van der Waals surface area (Å²) in [4.78, 5) is 17.5. The minimum Gasteiger partial charge on any atom is -0.379 e. The number of amidine groups is 1. The van der Waals surface area contributed by atoms with E-state index in [1.54, 1.807) is 42.1 Å². The van der Waals surface area contributed by atoms with Crippen LogP contribution in [0.15, 0.2) is 41.4 Å². The van der Waals surface area contributed by atoms with E-state index >= 15 is 0 Å². The molecule has 0 unspecified atom stereocenters. The number of rotatable bonds is 3. The summed E-state index contributed by atoms with van der Waals surface area (Å²) in [5.74, 6) is 0.528. The molecule has 2 aromatic carbocycles. The number of amides is 1. The van der Waals surface area contributed by atoms with E-state index in [0.717, 1.165) is 37.0 Å². The molecular formula is C22H23ClFN3OS. The minimum absolute atomic E-state index is 0.243. The summed E-state index contributed by atoms with van der Waals surface area (Å²) in [5.41, 5.74) is 7.79. The number of aryl methyl sites for hydroxylation is 1. The molecule has 1 heterocycles. The zero-order valence-corrected chi connectivity index (χ0v) is 17.7. The summed E-state index contributed by atoms with van der Waals surface area (Å²) >= 11 is 7.53. The van der Waals surface area contributed by atoms with Crippen molar-refractivity contribution in [1.29, 1.82) is 0 Å². The topological polar surface area (TPSA) is 67.5 Å². The van der Waals surface area contributed by atoms with Gasteiger partial charge in [-0.2, -0.15) is 0 Å². The number of thioether (sulfide) groups is 1. The Morgan fingerprint density at radius 1 is 1.31 bits per heavy atom. The van der Waals surface area contributed by atoms with Gasteiger partial charge in [0.05, 0.1) is 5.54 Å². The minimum atomic E-state index is -0.644. The van der Waals surface area contributed by atoms with Crippen molar-refractivity contribution in [2.24, 2.45) is 16.6 Å². The Morgan fingerprint density at radius 2 is 2.14 bits per heavy atom. The van der Waals surface area contributed by atoms with Crippen LogP contribution in [0.3, 0.4) is 0 Å². The summed E-state index contributed by atoms with van der Waals surface area (Å²) in [7, 11) is 0. The largest absolute Gasteiger partial charge is 0.379 e. The van der Waals surface area contributed by atoms with Gasteiger partial charge < -0.3 is 11.1 Å². The fourth-order valence-electron chi connectivity index (χ4n) is 4.44. The summed E-state index contributed by atoms with van der Waals surface area (Å²) < 4.78 is 15.0. The number of hydrogen-bond donors (Lipinski definition) is 2. The van der Waals surface area contributed by atoms with Gasteiger partial charge in [0.15, 0.2) is 5.17 Å². The van der Waals surface area contributed by atoms with E-state index in [9.17, 15) is 9.18 Å². The first-order valence-electron chi connectivity index (χ1n) is 9.75. The molecule has 0 aromatic heterocycles. The molecular weight excluding hydrogens is 409 g/mol. The molecule has 4 rings (SSSR count). The van der Waals surface area contributed by atoms with E-state index < -0.39 is 5.54 Å². The van der Waals surface area contributed by atoms with Gasteiger partial charge in [-0.3, -0.25) is 9.79 Å². The molecule has 0 bridgehead atoms. The summed E-state index contributed by atoms with van der Waals surface area (Å²) in [6.45, 7) is 1.83. The first-order chi connectivity index (χ1) is 13.9. The number of aliphatic imine (C=N–C) groups is 1. The maximum absolute atomic E-state index is 15.0. The van der Waals surface area contributed by atoms with E-state index in [2.05, 4.69) is 5.32 Å². The second-order valence-electron chi connectivity index (χ2n) is 7.74. The molecule has 0 radical (unpaired) electrons. The van der Waals surface area contributed by atoms with Crippen molar-refractivity contribution in [3.63, 3.8) is 0 Å². The van der Waals surface area contributed by atoms with Crippen molar-refractivity contribution in [2.45, 2.75) is 38.1 Å². The lowest BCUT2D eigenvalue weighted by Gasteiger charge is -2.44. The molecule has 3 N–H and O–H groups in total. The number of fused-ring (bicyclic) bond motifs is 1. The fourth-order valence-corrected chi connectivity index (χ4v) is 5.71. The molecule has 2 aromatic rings. The smallest absolute Gasteiger partial charge is 0.255 e. The number of nitrogens with zero attached hydrogens (tertiary/aromatic N) is 1. The molecule has 1 aliphatic heterocycles. The Kier molecular flexibility index (Phi) is 5.58. The van der Waals surface area contributed by atoms with Crippen LogP contribution in [-0.2, 0) is 5.54 Å². The third kappa shape index (κ3) is 3.88. The Morgan fingerprint density at radius 3 is 2.93 bits per heavy atom. The normalized spacial score (nSPS) is 23.8. The lowest BCUT2D eigenvalue weighted by atomic mass is 9.69. The van der Waals surface area contributed by atoms with E-state index in [1.165, 1.54) is 6.07 Å². The van der Waals surface area contributed by atoms with Crippen molar-refractivity contribution < 1.29 is 9.18 Å². The third-order valence-corrected chi connectivity index (χ3v) is 7.09. The standard InChI is InChI=1S/C22H23ClFN3OS/c1-13-10-15(23)5-7-17(13)20(28)26-16-6-8-19(24)18(11-16)22-9-3-2-4-14(22)12-29-21(25)27-22/h5-8,10-11,14H,2-4,9,12H2,1H3,(H2,25,27)(H,26,28)/t14-,22-/m0/s1. The summed E-state index contributed by atoms with van der Waals surface area (Å²) in [6, 6.07) is 9.84. The SMILES string of the molecule is Cc1cc(Cl)ccc1C(=O)Nc1ccc(F)c([C@]23CCCC[C@H]2CSC(N)=N3)c1. The number of carbonyl (C=O) groups excluding carboxylic acids is 1. The summed E-state index contributed by atoms with van der Waals surface area (Å²) in [5, 5.41) is 3.98. The number of nitrogens with one attached hydrogen (secondary N) is 1. The second kappa shape index (κ2) is 8.00. The first-order valence-corrected chi connectivity index (χ1v) is 11.1. The second-order valence-corrected chi connectivity index (χ2v) is 9.21. The quantitative estimate of drug-likeness (QED) is 0.675. The van der Waals surface area contributed by atoms with Gasteiger partial charge in [0, 0.05) is 27.6 Å². The molecule has 4 nitrogen and oxygen atoms in total. The van der Waals surface area contributed by atoms with Gasteiger partial charge in [0.1, 0.15) is 5.82 Å². The summed E-state index contributed by atoms with van der Waals surface area (Å²) in [6.07, 6.45) is 3.88. The van der Waals surface area contributed by atoms with Crippen molar-refractivity contribution in [2.75, 3.05) is 11.1 Å². The highest BCUT2D eigenvalue weighted by atomic mass is 35.5. The van der Waals surface area contributed by atoms with Gasteiger partial charge in [-0.15, -0.1) is 0 Å².